The lowest BCUT2D eigenvalue weighted by atomic mass is 10.1. The van der Waals surface area contributed by atoms with Crippen LogP contribution in [0.1, 0.15) is 24.3 Å². The highest BCUT2D eigenvalue weighted by Crippen LogP contribution is 2.25. The van der Waals surface area contributed by atoms with Gasteiger partial charge in [0.1, 0.15) is 0 Å². The van der Waals surface area contributed by atoms with Gasteiger partial charge in [0.15, 0.2) is 0 Å². The number of piperazine rings is 1. The molecule has 1 aromatic heterocycles. The molecule has 1 saturated heterocycles. The van der Waals surface area contributed by atoms with Crippen LogP contribution in [0.5, 0.6) is 0 Å². The van der Waals surface area contributed by atoms with Crippen LogP contribution in [-0.4, -0.2) is 61.5 Å². The van der Waals surface area contributed by atoms with Crippen LogP contribution < -0.4 is 10.6 Å². The molecule has 1 aromatic carbocycles. The first-order valence-electron chi connectivity index (χ1n) is 9.76. The fourth-order valence-corrected chi connectivity index (χ4v) is 4.42. The van der Waals surface area contributed by atoms with E-state index < -0.39 is 0 Å². The summed E-state index contributed by atoms with van der Waals surface area (Å²) in [5, 5.41) is 9.31. The number of amides is 1. The van der Waals surface area contributed by atoms with Gasteiger partial charge in [-0.15, -0.1) is 11.3 Å². The van der Waals surface area contributed by atoms with E-state index in [2.05, 4.69) is 51.9 Å². The zero-order chi connectivity index (χ0) is 19.9. The van der Waals surface area contributed by atoms with Crippen molar-refractivity contribution in [2.75, 3.05) is 45.1 Å². The first-order valence-corrected chi connectivity index (χ1v) is 11.0. The van der Waals surface area contributed by atoms with Gasteiger partial charge in [0.2, 0.25) is 5.91 Å². The number of anilines is 1. The lowest BCUT2D eigenvalue weighted by Gasteiger charge is -2.38. The number of nitrogens with zero attached hydrogens (tertiary/aromatic N) is 2. The maximum Gasteiger partial charge on any atom is 0.225 e. The summed E-state index contributed by atoms with van der Waals surface area (Å²) in [6.45, 7) is 7.26. The Morgan fingerprint density at radius 3 is 2.54 bits per heavy atom. The number of carbonyl (C=O) groups is 1. The van der Waals surface area contributed by atoms with E-state index in [1.807, 2.05) is 23.5 Å². The number of halogens is 1. The molecule has 28 heavy (non-hydrogen) atoms. The maximum atomic E-state index is 12.3. The number of hydrogen-bond acceptors (Lipinski definition) is 5. The zero-order valence-corrected chi connectivity index (χ0v) is 18.1. The normalized spacial score (nSPS) is 18.0. The molecule has 0 unspecified atom stereocenters. The van der Waals surface area contributed by atoms with Gasteiger partial charge in [0.25, 0.3) is 0 Å². The van der Waals surface area contributed by atoms with Crippen molar-refractivity contribution in [3.05, 3.63) is 51.7 Å². The quantitative estimate of drug-likeness (QED) is 0.683. The Kier molecular flexibility index (Phi) is 7.88. The summed E-state index contributed by atoms with van der Waals surface area (Å²) in [6, 6.07) is 12.0. The van der Waals surface area contributed by atoms with E-state index in [0.717, 1.165) is 38.4 Å². The summed E-state index contributed by atoms with van der Waals surface area (Å²) in [5.74, 6) is 0.00888. The Bertz CT molecular complexity index is 729. The fraction of sp³-hybridized carbons (Fsp3) is 0.476. The van der Waals surface area contributed by atoms with Crippen LogP contribution in [0.4, 0.5) is 5.69 Å². The molecule has 2 atom stereocenters. The standard InChI is InChI=1S/C21H29ClN4OS/c1-16(14-21(27)24-18-7-5-17(22)6-8-18)23-15-19(20-4-3-13-28-20)26-11-9-25(2)10-12-26/h3-8,13,16,19,23H,9-12,14-15H2,1-2H3,(H,24,27)/t16-,19+/m0/s1. The molecular weight excluding hydrogens is 392 g/mol. The zero-order valence-electron chi connectivity index (χ0n) is 16.5. The smallest absolute Gasteiger partial charge is 0.225 e. The highest BCUT2D eigenvalue weighted by atomic mass is 35.5. The van der Waals surface area contributed by atoms with Gasteiger partial charge in [0, 0.05) is 60.8 Å². The van der Waals surface area contributed by atoms with Crippen LogP contribution in [0.3, 0.4) is 0 Å². The van der Waals surface area contributed by atoms with Gasteiger partial charge in [0.05, 0.1) is 6.04 Å². The average molecular weight is 421 g/mol. The maximum absolute atomic E-state index is 12.3. The molecule has 2 aromatic rings. The Hall–Kier alpha value is -1.44. The minimum Gasteiger partial charge on any atom is -0.326 e. The van der Waals surface area contributed by atoms with Gasteiger partial charge in [-0.1, -0.05) is 17.7 Å². The molecule has 0 saturated carbocycles. The molecule has 5 nitrogen and oxygen atoms in total. The molecular formula is C21H29ClN4OS. The fourth-order valence-electron chi connectivity index (χ4n) is 3.43. The van der Waals surface area contributed by atoms with Crippen molar-refractivity contribution in [1.82, 2.24) is 15.1 Å². The minimum atomic E-state index is 0.00888. The Morgan fingerprint density at radius 2 is 1.89 bits per heavy atom. The van der Waals surface area contributed by atoms with Gasteiger partial charge in [-0.25, -0.2) is 0 Å². The van der Waals surface area contributed by atoms with E-state index in [0.29, 0.717) is 17.5 Å². The first-order chi connectivity index (χ1) is 13.5. The molecule has 1 fully saturated rings. The highest BCUT2D eigenvalue weighted by molar-refractivity contribution is 7.10. The Labute approximate surface area is 176 Å². The first kappa shape index (κ1) is 21.3. The van der Waals surface area contributed by atoms with Crippen LogP contribution >= 0.6 is 22.9 Å². The van der Waals surface area contributed by atoms with Gasteiger partial charge < -0.3 is 15.5 Å². The minimum absolute atomic E-state index is 0.00888. The Balaban J connectivity index is 1.51. The van der Waals surface area contributed by atoms with Gasteiger partial charge in [-0.05, 0) is 49.7 Å². The number of hydrogen-bond donors (Lipinski definition) is 2. The number of benzene rings is 1. The molecule has 7 heteroatoms. The van der Waals surface area contributed by atoms with Crippen molar-refractivity contribution in [3.63, 3.8) is 0 Å². The second kappa shape index (κ2) is 10.4. The second-order valence-electron chi connectivity index (χ2n) is 7.44. The summed E-state index contributed by atoms with van der Waals surface area (Å²) >= 11 is 7.70. The lowest BCUT2D eigenvalue weighted by molar-refractivity contribution is -0.116. The summed E-state index contributed by atoms with van der Waals surface area (Å²) in [6.07, 6.45) is 0.433. The molecule has 2 heterocycles. The predicted molar refractivity (Wildman–Crippen MR) is 118 cm³/mol. The van der Waals surface area contributed by atoms with Gasteiger partial charge in [-0.2, -0.15) is 0 Å². The lowest BCUT2D eigenvalue weighted by Crippen LogP contribution is -2.48. The topological polar surface area (TPSA) is 47.6 Å². The van der Waals surface area contributed by atoms with E-state index in [9.17, 15) is 4.79 Å². The molecule has 2 N–H and O–H groups in total. The highest BCUT2D eigenvalue weighted by Gasteiger charge is 2.25. The van der Waals surface area contributed by atoms with Crippen molar-refractivity contribution in [3.8, 4) is 0 Å². The number of likely N-dealkylation sites (N-methyl/N-ethyl adjacent to an activating group) is 1. The van der Waals surface area contributed by atoms with Crippen LogP contribution in [0.15, 0.2) is 41.8 Å². The molecule has 0 aliphatic carbocycles. The third kappa shape index (κ3) is 6.29. The number of carbonyl (C=O) groups excluding carboxylic acids is 1. The van der Waals surface area contributed by atoms with Crippen molar-refractivity contribution < 1.29 is 4.79 Å². The molecule has 0 radical (unpaired) electrons. The van der Waals surface area contributed by atoms with E-state index >= 15 is 0 Å². The molecule has 3 rings (SSSR count). The van der Waals surface area contributed by atoms with Crippen molar-refractivity contribution >= 4 is 34.5 Å². The average Bonchev–Trinajstić information content (AvgIpc) is 3.19. The van der Waals surface area contributed by atoms with E-state index in [1.165, 1.54) is 4.88 Å². The third-order valence-electron chi connectivity index (χ3n) is 5.13. The third-order valence-corrected chi connectivity index (χ3v) is 6.35. The Morgan fingerprint density at radius 1 is 1.18 bits per heavy atom. The largest absolute Gasteiger partial charge is 0.326 e. The van der Waals surface area contributed by atoms with Crippen molar-refractivity contribution in [2.45, 2.75) is 25.4 Å². The van der Waals surface area contributed by atoms with E-state index in [-0.39, 0.29) is 11.9 Å². The molecule has 0 bridgehead atoms. The SMILES string of the molecule is C[C@@H](CC(=O)Nc1ccc(Cl)cc1)NC[C@H](c1cccs1)N1CCN(C)CC1. The number of rotatable bonds is 8. The van der Waals surface area contributed by atoms with E-state index in [1.54, 1.807) is 12.1 Å². The van der Waals surface area contributed by atoms with Crippen LogP contribution in [0, 0.1) is 0 Å². The second-order valence-corrected chi connectivity index (χ2v) is 8.85. The van der Waals surface area contributed by atoms with Gasteiger partial charge in [-0.3, -0.25) is 9.69 Å². The monoisotopic (exact) mass is 420 g/mol. The predicted octanol–water partition coefficient (Wildman–Crippen LogP) is 3.70. The molecule has 152 valence electrons. The van der Waals surface area contributed by atoms with Crippen LogP contribution in [0.2, 0.25) is 5.02 Å². The van der Waals surface area contributed by atoms with E-state index in [4.69, 9.17) is 11.6 Å². The molecule has 0 spiro atoms. The molecule has 1 amide bonds. The number of nitrogens with one attached hydrogen (secondary N) is 2. The van der Waals surface area contributed by atoms with Gasteiger partial charge >= 0.3 is 0 Å². The summed E-state index contributed by atoms with van der Waals surface area (Å²) in [4.78, 5) is 18.6. The van der Waals surface area contributed by atoms with Crippen LogP contribution in [0.25, 0.3) is 0 Å². The summed E-state index contributed by atoms with van der Waals surface area (Å²) in [5.41, 5.74) is 0.774. The van der Waals surface area contributed by atoms with Crippen molar-refractivity contribution in [1.29, 1.82) is 0 Å². The molecule has 1 aliphatic rings. The van der Waals surface area contributed by atoms with Crippen molar-refractivity contribution in [2.24, 2.45) is 0 Å². The van der Waals surface area contributed by atoms with Crippen LogP contribution in [-0.2, 0) is 4.79 Å². The molecule has 1 aliphatic heterocycles. The summed E-state index contributed by atoms with van der Waals surface area (Å²) < 4.78 is 0. The summed E-state index contributed by atoms with van der Waals surface area (Å²) in [7, 11) is 2.18. The number of thiophene rings is 1.